The Labute approximate surface area is 125 Å². The van der Waals surface area contributed by atoms with E-state index in [4.69, 9.17) is 4.74 Å². The van der Waals surface area contributed by atoms with Crippen LogP contribution >= 0.6 is 0 Å². The molecule has 2 aliphatic rings. The van der Waals surface area contributed by atoms with Crippen LogP contribution in [0.5, 0.6) is 0 Å². The van der Waals surface area contributed by atoms with Crippen molar-refractivity contribution in [1.82, 2.24) is 5.32 Å². The topological polar surface area (TPSA) is 75.6 Å². The summed E-state index contributed by atoms with van der Waals surface area (Å²) in [6.45, 7) is 3.73. The zero-order valence-corrected chi connectivity index (χ0v) is 12.4. The first kappa shape index (κ1) is 15.9. The molecule has 21 heavy (non-hydrogen) atoms. The van der Waals surface area contributed by atoms with E-state index in [1.54, 1.807) is 0 Å². The van der Waals surface area contributed by atoms with E-state index in [0.29, 0.717) is 5.92 Å². The number of aliphatic carboxylic acids is 1. The maximum atomic E-state index is 12.0. The number of amides is 1. The van der Waals surface area contributed by atoms with Crippen molar-refractivity contribution in [2.24, 2.45) is 11.8 Å². The van der Waals surface area contributed by atoms with Gasteiger partial charge in [-0.1, -0.05) is 18.9 Å². The number of allylic oxidation sites excluding steroid dienone is 1. The van der Waals surface area contributed by atoms with Crippen LogP contribution < -0.4 is 5.32 Å². The number of ether oxygens (including phenoxy) is 1. The summed E-state index contributed by atoms with van der Waals surface area (Å²) in [5.74, 6) is -0.612. The van der Waals surface area contributed by atoms with Gasteiger partial charge in [0.2, 0.25) is 0 Å². The normalized spacial score (nSPS) is 27.2. The van der Waals surface area contributed by atoms with Gasteiger partial charge in [0, 0.05) is 0 Å². The molecule has 118 valence electrons. The van der Waals surface area contributed by atoms with Gasteiger partial charge in [-0.3, -0.25) is 0 Å². The standard InChI is InChI=1S/C16H25NO4/c1-2-6-11-9-5-10-13(11)21-16(20)17-14(15(18)19)12-7-3-4-8-12/h2,11-14H,1,3-10H2,(H,17,20)(H,18,19)/t11?,13?,14-/m0/s1. The van der Waals surface area contributed by atoms with Crippen molar-refractivity contribution in [3.05, 3.63) is 12.7 Å². The Morgan fingerprint density at radius 2 is 1.95 bits per heavy atom. The SMILES string of the molecule is C=CCC1CCCC1OC(=O)N[C@H](C(=O)O)C1CCCC1. The van der Waals surface area contributed by atoms with Crippen molar-refractivity contribution in [2.45, 2.75) is 63.5 Å². The molecule has 2 aliphatic carbocycles. The predicted octanol–water partition coefficient (Wildman–Crippen LogP) is 3.10. The van der Waals surface area contributed by atoms with Gasteiger partial charge in [0.1, 0.15) is 12.1 Å². The molecule has 2 fully saturated rings. The van der Waals surface area contributed by atoms with Crippen LogP contribution in [-0.4, -0.2) is 29.3 Å². The van der Waals surface area contributed by atoms with Crippen molar-refractivity contribution in [3.8, 4) is 0 Å². The highest BCUT2D eigenvalue weighted by Gasteiger charge is 2.34. The fourth-order valence-electron chi connectivity index (χ4n) is 3.61. The first-order valence-corrected chi connectivity index (χ1v) is 7.92. The lowest BCUT2D eigenvalue weighted by atomic mass is 9.98. The van der Waals surface area contributed by atoms with E-state index in [0.717, 1.165) is 51.4 Å². The summed E-state index contributed by atoms with van der Waals surface area (Å²) in [4.78, 5) is 23.3. The predicted molar refractivity (Wildman–Crippen MR) is 78.9 cm³/mol. The number of alkyl carbamates (subject to hydrolysis) is 1. The summed E-state index contributed by atoms with van der Waals surface area (Å²) in [6, 6.07) is -0.820. The number of hydrogen-bond acceptors (Lipinski definition) is 3. The highest BCUT2D eigenvalue weighted by molar-refractivity contribution is 5.80. The zero-order chi connectivity index (χ0) is 15.2. The van der Waals surface area contributed by atoms with E-state index < -0.39 is 18.1 Å². The smallest absolute Gasteiger partial charge is 0.408 e. The van der Waals surface area contributed by atoms with E-state index in [-0.39, 0.29) is 12.0 Å². The lowest BCUT2D eigenvalue weighted by Crippen LogP contribution is -2.46. The first-order chi connectivity index (χ1) is 10.1. The summed E-state index contributed by atoms with van der Waals surface area (Å²) < 4.78 is 5.46. The molecule has 2 unspecified atom stereocenters. The Kier molecular flexibility index (Phi) is 5.65. The fraction of sp³-hybridized carbons (Fsp3) is 0.750. The molecule has 1 amide bonds. The van der Waals surface area contributed by atoms with Gasteiger partial charge < -0.3 is 15.2 Å². The molecular weight excluding hydrogens is 270 g/mol. The second-order valence-corrected chi connectivity index (χ2v) is 6.16. The third-order valence-electron chi connectivity index (χ3n) is 4.73. The molecule has 3 atom stereocenters. The van der Waals surface area contributed by atoms with Gasteiger partial charge in [0.25, 0.3) is 0 Å². The average Bonchev–Trinajstić information content (AvgIpc) is 3.08. The van der Waals surface area contributed by atoms with Crippen LogP contribution in [0.25, 0.3) is 0 Å². The minimum atomic E-state index is -0.965. The number of carboxylic acid groups (broad SMARTS) is 1. The van der Waals surface area contributed by atoms with Crippen LogP contribution in [-0.2, 0) is 9.53 Å². The first-order valence-electron chi connectivity index (χ1n) is 7.92. The van der Waals surface area contributed by atoms with Crippen LogP contribution in [0.3, 0.4) is 0 Å². The second-order valence-electron chi connectivity index (χ2n) is 6.16. The fourth-order valence-corrected chi connectivity index (χ4v) is 3.61. The molecule has 0 heterocycles. The highest BCUT2D eigenvalue weighted by Crippen LogP contribution is 2.31. The lowest BCUT2D eigenvalue weighted by molar-refractivity contribution is -0.140. The molecule has 0 aromatic carbocycles. The molecule has 0 spiro atoms. The third kappa shape index (κ3) is 4.22. The lowest BCUT2D eigenvalue weighted by Gasteiger charge is -2.23. The largest absolute Gasteiger partial charge is 0.480 e. The molecule has 0 radical (unpaired) electrons. The van der Waals surface area contributed by atoms with Crippen LogP contribution in [0.2, 0.25) is 0 Å². The molecule has 5 nitrogen and oxygen atoms in total. The van der Waals surface area contributed by atoms with Gasteiger partial charge >= 0.3 is 12.1 Å². The van der Waals surface area contributed by atoms with E-state index in [1.165, 1.54) is 0 Å². The summed E-state index contributed by atoms with van der Waals surface area (Å²) in [6.07, 6.45) is 8.72. The molecule has 2 saturated carbocycles. The van der Waals surface area contributed by atoms with E-state index in [9.17, 15) is 14.7 Å². The van der Waals surface area contributed by atoms with Gasteiger partial charge in [0.05, 0.1) is 0 Å². The van der Waals surface area contributed by atoms with Gasteiger partial charge in [-0.25, -0.2) is 9.59 Å². The Morgan fingerprint density at radius 1 is 1.24 bits per heavy atom. The summed E-state index contributed by atoms with van der Waals surface area (Å²) in [5.41, 5.74) is 0. The number of carbonyl (C=O) groups excluding carboxylic acids is 1. The summed E-state index contributed by atoms with van der Waals surface area (Å²) >= 11 is 0. The Morgan fingerprint density at radius 3 is 2.57 bits per heavy atom. The number of hydrogen-bond donors (Lipinski definition) is 2. The van der Waals surface area contributed by atoms with Crippen molar-refractivity contribution >= 4 is 12.1 Å². The van der Waals surface area contributed by atoms with Crippen molar-refractivity contribution < 1.29 is 19.4 Å². The highest BCUT2D eigenvalue weighted by atomic mass is 16.6. The summed E-state index contributed by atoms with van der Waals surface area (Å²) in [5, 5.41) is 11.9. The minimum Gasteiger partial charge on any atom is -0.480 e. The molecular formula is C16H25NO4. The number of nitrogens with one attached hydrogen (secondary N) is 1. The average molecular weight is 295 g/mol. The van der Waals surface area contributed by atoms with Gasteiger partial charge in [-0.05, 0) is 50.4 Å². The molecule has 0 aromatic heterocycles. The monoisotopic (exact) mass is 295 g/mol. The number of rotatable bonds is 6. The minimum absolute atomic E-state index is 0.0302. The molecule has 0 aliphatic heterocycles. The number of carbonyl (C=O) groups is 2. The van der Waals surface area contributed by atoms with Crippen LogP contribution in [0, 0.1) is 11.8 Å². The Balaban J connectivity index is 1.87. The third-order valence-corrected chi connectivity index (χ3v) is 4.73. The second kappa shape index (κ2) is 7.48. The molecule has 2 rings (SSSR count). The summed E-state index contributed by atoms with van der Waals surface area (Å²) in [7, 11) is 0. The molecule has 2 N–H and O–H groups in total. The quantitative estimate of drug-likeness (QED) is 0.738. The maximum absolute atomic E-state index is 12.0. The van der Waals surface area contributed by atoms with E-state index in [1.807, 2.05) is 6.08 Å². The van der Waals surface area contributed by atoms with Gasteiger partial charge in [-0.15, -0.1) is 6.58 Å². The molecule has 0 saturated heterocycles. The van der Waals surface area contributed by atoms with E-state index in [2.05, 4.69) is 11.9 Å². The van der Waals surface area contributed by atoms with Crippen LogP contribution in [0.4, 0.5) is 4.79 Å². The van der Waals surface area contributed by atoms with Crippen molar-refractivity contribution in [3.63, 3.8) is 0 Å². The Bertz CT molecular complexity index is 390. The van der Waals surface area contributed by atoms with Crippen molar-refractivity contribution in [1.29, 1.82) is 0 Å². The zero-order valence-electron chi connectivity index (χ0n) is 12.4. The number of carboxylic acids is 1. The Hall–Kier alpha value is -1.52. The van der Waals surface area contributed by atoms with Crippen LogP contribution in [0.1, 0.15) is 51.4 Å². The van der Waals surface area contributed by atoms with Crippen molar-refractivity contribution in [2.75, 3.05) is 0 Å². The molecule has 0 aromatic rings. The van der Waals surface area contributed by atoms with Gasteiger partial charge in [-0.2, -0.15) is 0 Å². The molecule has 5 heteroatoms. The van der Waals surface area contributed by atoms with E-state index >= 15 is 0 Å². The van der Waals surface area contributed by atoms with Crippen LogP contribution in [0.15, 0.2) is 12.7 Å². The maximum Gasteiger partial charge on any atom is 0.408 e. The molecule has 0 bridgehead atoms. The van der Waals surface area contributed by atoms with Gasteiger partial charge in [0.15, 0.2) is 0 Å².